The molecule has 3 aromatic rings. The summed E-state index contributed by atoms with van der Waals surface area (Å²) in [7, 11) is -3.62. The Bertz CT molecular complexity index is 1160. The molecule has 0 bridgehead atoms. The van der Waals surface area contributed by atoms with Gasteiger partial charge in [0.05, 0.1) is 21.7 Å². The first-order chi connectivity index (χ1) is 15.8. The Kier molecular flexibility index (Phi) is 7.43. The van der Waals surface area contributed by atoms with E-state index in [0.29, 0.717) is 19.0 Å². The lowest BCUT2D eigenvalue weighted by atomic mass is 10.0. The highest BCUT2D eigenvalue weighted by molar-refractivity contribution is 7.89. The number of hydrogen-bond acceptors (Lipinski definition) is 6. The van der Waals surface area contributed by atoms with Crippen molar-refractivity contribution in [1.82, 2.24) is 19.5 Å². The summed E-state index contributed by atoms with van der Waals surface area (Å²) < 4.78 is 28.8. The van der Waals surface area contributed by atoms with Gasteiger partial charge < -0.3 is 4.90 Å². The Balaban J connectivity index is 1.22. The third kappa shape index (κ3) is 5.97. The fourth-order valence-electron chi connectivity index (χ4n) is 3.90. The molecule has 1 aromatic heterocycles. The minimum Gasteiger partial charge on any atom is -0.340 e. The number of fused-ring (bicyclic) bond motifs is 1. The van der Waals surface area contributed by atoms with Gasteiger partial charge in [-0.15, -0.1) is 11.3 Å². The van der Waals surface area contributed by atoms with Crippen LogP contribution in [0.25, 0.3) is 10.2 Å². The molecule has 1 saturated heterocycles. The molecule has 2 aromatic carbocycles. The van der Waals surface area contributed by atoms with Gasteiger partial charge in [0, 0.05) is 39.1 Å². The van der Waals surface area contributed by atoms with Crippen molar-refractivity contribution in [3.8, 4) is 0 Å². The van der Waals surface area contributed by atoms with Gasteiger partial charge in [-0.1, -0.05) is 38.1 Å². The predicted molar refractivity (Wildman–Crippen MR) is 132 cm³/mol. The van der Waals surface area contributed by atoms with Crippen LogP contribution >= 0.6 is 11.3 Å². The van der Waals surface area contributed by atoms with Crippen molar-refractivity contribution in [2.75, 3.05) is 32.7 Å². The summed E-state index contributed by atoms with van der Waals surface area (Å²) >= 11 is 1.71. The highest BCUT2D eigenvalue weighted by Gasteiger charge is 2.22. The van der Waals surface area contributed by atoms with Gasteiger partial charge in [-0.3, -0.25) is 9.69 Å². The fourth-order valence-corrected chi connectivity index (χ4v) is 5.94. The summed E-state index contributed by atoms with van der Waals surface area (Å²) in [6, 6.07) is 15.0. The first-order valence-corrected chi connectivity index (χ1v) is 13.6. The monoisotopic (exact) mass is 486 g/mol. The lowest BCUT2D eigenvalue weighted by Crippen LogP contribution is -2.48. The van der Waals surface area contributed by atoms with Crippen LogP contribution in [-0.2, 0) is 21.4 Å². The molecule has 33 heavy (non-hydrogen) atoms. The zero-order valence-electron chi connectivity index (χ0n) is 19.0. The minimum atomic E-state index is -3.62. The van der Waals surface area contributed by atoms with E-state index >= 15 is 0 Å². The van der Waals surface area contributed by atoms with Gasteiger partial charge in [-0.25, -0.2) is 18.1 Å². The molecule has 0 aliphatic carbocycles. The highest BCUT2D eigenvalue weighted by Crippen LogP contribution is 2.23. The number of rotatable bonds is 8. The molecule has 1 aliphatic heterocycles. The van der Waals surface area contributed by atoms with E-state index in [1.54, 1.807) is 23.5 Å². The summed E-state index contributed by atoms with van der Waals surface area (Å²) in [5.74, 6) is 0.321. The van der Waals surface area contributed by atoms with Crippen molar-refractivity contribution < 1.29 is 13.2 Å². The average Bonchev–Trinajstić information content (AvgIpc) is 3.21. The number of nitrogens with one attached hydrogen (secondary N) is 1. The smallest absolute Gasteiger partial charge is 0.240 e. The lowest BCUT2D eigenvalue weighted by Gasteiger charge is -2.34. The van der Waals surface area contributed by atoms with Crippen LogP contribution in [0.1, 0.15) is 36.8 Å². The van der Waals surface area contributed by atoms with E-state index < -0.39 is 10.0 Å². The third-order valence-electron chi connectivity index (χ3n) is 5.91. The zero-order chi connectivity index (χ0) is 23.4. The van der Waals surface area contributed by atoms with Crippen molar-refractivity contribution in [2.24, 2.45) is 0 Å². The van der Waals surface area contributed by atoms with Gasteiger partial charge in [-0.05, 0) is 35.7 Å². The summed E-state index contributed by atoms with van der Waals surface area (Å²) in [6.07, 6.45) is 0.154. The number of piperazine rings is 1. The standard InChI is InChI=1S/C24H30N4O3S2/c1-18(2)19-7-9-20(10-8-19)33(30,31)25-12-11-24(29)28-15-13-27(14-16-28)17-23-26-21-5-3-4-6-22(21)32-23/h3-10,18,25H,11-17H2,1-2H3. The molecule has 1 N–H and O–H groups in total. The number of sulfonamides is 1. The lowest BCUT2D eigenvalue weighted by molar-refractivity contribution is -0.132. The average molecular weight is 487 g/mol. The molecular weight excluding hydrogens is 456 g/mol. The van der Waals surface area contributed by atoms with Gasteiger partial charge >= 0.3 is 0 Å². The molecule has 176 valence electrons. The SMILES string of the molecule is CC(C)c1ccc(S(=O)(=O)NCCC(=O)N2CCN(Cc3nc4ccccc4s3)CC2)cc1. The molecule has 0 saturated carbocycles. The number of nitrogens with zero attached hydrogens (tertiary/aromatic N) is 3. The maximum Gasteiger partial charge on any atom is 0.240 e. The molecule has 7 nitrogen and oxygen atoms in total. The van der Waals surface area contributed by atoms with Crippen molar-refractivity contribution in [1.29, 1.82) is 0 Å². The van der Waals surface area contributed by atoms with Crippen molar-refractivity contribution in [3.05, 3.63) is 59.1 Å². The van der Waals surface area contributed by atoms with Crippen LogP contribution in [0, 0.1) is 0 Å². The minimum absolute atomic E-state index is 0.0208. The number of benzene rings is 2. The number of carbonyl (C=O) groups is 1. The molecule has 0 radical (unpaired) electrons. The summed E-state index contributed by atoms with van der Waals surface area (Å²) in [5.41, 5.74) is 2.12. The first kappa shape index (κ1) is 23.8. The Morgan fingerprint density at radius 3 is 2.42 bits per heavy atom. The molecule has 0 atom stereocenters. The Morgan fingerprint density at radius 2 is 1.76 bits per heavy atom. The number of para-hydroxylation sites is 1. The third-order valence-corrected chi connectivity index (χ3v) is 8.41. The van der Waals surface area contributed by atoms with Crippen molar-refractivity contribution in [2.45, 2.75) is 37.6 Å². The van der Waals surface area contributed by atoms with E-state index in [-0.39, 0.29) is 23.8 Å². The normalized spacial score (nSPS) is 15.4. The molecule has 4 rings (SSSR count). The van der Waals surface area contributed by atoms with Gasteiger partial charge in [0.15, 0.2) is 0 Å². The molecule has 0 spiro atoms. The Morgan fingerprint density at radius 1 is 1.06 bits per heavy atom. The summed E-state index contributed by atoms with van der Waals surface area (Å²) in [5, 5.41) is 1.09. The van der Waals surface area contributed by atoms with E-state index in [2.05, 4.69) is 29.5 Å². The second-order valence-corrected chi connectivity index (χ2v) is 11.5. The predicted octanol–water partition coefficient (Wildman–Crippen LogP) is 3.43. The maximum absolute atomic E-state index is 12.6. The Labute approximate surface area is 199 Å². The molecule has 1 fully saturated rings. The first-order valence-electron chi connectivity index (χ1n) is 11.3. The van der Waals surface area contributed by atoms with Gasteiger partial charge in [0.25, 0.3) is 0 Å². The number of aromatic nitrogens is 1. The molecule has 2 heterocycles. The van der Waals surface area contributed by atoms with E-state index in [1.165, 1.54) is 4.70 Å². The van der Waals surface area contributed by atoms with Crippen molar-refractivity contribution >= 4 is 37.5 Å². The van der Waals surface area contributed by atoms with Gasteiger partial charge in [0.2, 0.25) is 15.9 Å². The molecule has 1 aliphatic rings. The number of hydrogen-bond donors (Lipinski definition) is 1. The van der Waals surface area contributed by atoms with Crippen LogP contribution in [0.15, 0.2) is 53.4 Å². The van der Waals surface area contributed by atoms with Gasteiger partial charge in [0.1, 0.15) is 5.01 Å². The van der Waals surface area contributed by atoms with E-state index in [0.717, 1.165) is 35.7 Å². The quantitative estimate of drug-likeness (QED) is 0.528. The van der Waals surface area contributed by atoms with E-state index in [1.807, 2.05) is 35.2 Å². The second kappa shape index (κ2) is 10.3. The summed E-state index contributed by atoms with van der Waals surface area (Å²) in [4.78, 5) is 21.6. The van der Waals surface area contributed by atoms with Crippen molar-refractivity contribution in [3.63, 3.8) is 0 Å². The second-order valence-electron chi connectivity index (χ2n) is 8.60. The number of thiazole rings is 1. The largest absolute Gasteiger partial charge is 0.340 e. The topological polar surface area (TPSA) is 82.6 Å². The number of amides is 1. The van der Waals surface area contributed by atoms with Crippen LogP contribution in [-0.4, -0.2) is 61.8 Å². The maximum atomic E-state index is 12.6. The van der Waals surface area contributed by atoms with Crippen LogP contribution < -0.4 is 4.72 Å². The molecule has 1 amide bonds. The van der Waals surface area contributed by atoms with Crippen LogP contribution in [0.3, 0.4) is 0 Å². The fraction of sp³-hybridized carbons (Fsp3) is 0.417. The molecule has 0 unspecified atom stereocenters. The summed E-state index contributed by atoms with van der Waals surface area (Å²) in [6.45, 7) is 7.88. The van der Waals surface area contributed by atoms with Gasteiger partial charge in [-0.2, -0.15) is 0 Å². The van der Waals surface area contributed by atoms with Crippen LogP contribution in [0.5, 0.6) is 0 Å². The van der Waals surface area contributed by atoms with E-state index in [4.69, 9.17) is 4.98 Å². The molecular formula is C24H30N4O3S2. The Hall–Kier alpha value is -2.33. The zero-order valence-corrected chi connectivity index (χ0v) is 20.7. The van der Waals surface area contributed by atoms with Crippen LogP contribution in [0.2, 0.25) is 0 Å². The molecule has 9 heteroatoms. The van der Waals surface area contributed by atoms with Crippen LogP contribution in [0.4, 0.5) is 0 Å². The highest BCUT2D eigenvalue weighted by atomic mass is 32.2. The van der Waals surface area contributed by atoms with E-state index in [9.17, 15) is 13.2 Å². The number of carbonyl (C=O) groups excluding carboxylic acids is 1.